The summed E-state index contributed by atoms with van der Waals surface area (Å²) in [6.07, 6.45) is 3.19. The van der Waals surface area contributed by atoms with Crippen LogP contribution in [0.3, 0.4) is 0 Å². The molecule has 254 valence electrons. The van der Waals surface area contributed by atoms with Gasteiger partial charge in [-0.25, -0.2) is 15.0 Å². The molecule has 0 aliphatic heterocycles. The summed E-state index contributed by atoms with van der Waals surface area (Å²) in [5, 5.41) is 9.34. The van der Waals surface area contributed by atoms with Gasteiger partial charge in [0.05, 0.1) is 0 Å². The summed E-state index contributed by atoms with van der Waals surface area (Å²) in [7, 11) is -2.02. The van der Waals surface area contributed by atoms with Crippen molar-refractivity contribution in [2.45, 2.75) is 58.2 Å². The van der Waals surface area contributed by atoms with E-state index < -0.39 is 8.07 Å². The fraction of sp³-hybridized carbons (Fsp3) is 0.196. The Morgan fingerprint density at radius 3 is 1.54 bits per heavy atom. The summed E-state index contributed by atoms with van der Waals surface area (Å²) in [5.41, 5.74) is 16.9. The molecule has 2 N–H and O–H groups in total. The molecule has 8 rings (SSSR count). The summed E-state index contributed by atoms with van der Waals surface area (Å²) < 4.78 is 1.91. The van der Waals surface area contributed by atoms with E-state index in [1.54, 1.807) is 6.33 Å². The van der Waals surface area contributed by atoms with Crippen molar-refractivity contribution in [1.29, 1.82) is 0 Å². The van der Waals surface area contributed by atoms with Crippen molar-refractivity contribution < 1.29 is 0 Å². The number of hydrogen-bond acceptors (Lipinski definition) is 4. The van der Waals surface area contributed by atoms with Gasteiger partial charge in [0.15, 0.2) is 17.0 Å². The molecule has 0 spiro atoms. The highest BCUT2D eigenvalue weighted by Crippen LogP contribution is 2.42. The van der Waals surface area contributed by atoms with E-state index >= 15 is 0 Å². The Kier molecular flexibility index (Phi) is 8.29. The lowest BCUT2D eigenvalue weighted by molar-refractivity contribution is 0.838. The van der Waals surface area contributed by atoms with Crippen LogP contribution in [0, 0.1) is 23.3 Å². The third-order valence-corrected chi connectivity index (χ3v) is 17.2. The second-order valence-electron chi connectivity index (χ2n) is 14.7. The Morgan fingerprint density at radius 2 is 1.06 bits per heavy atom. The predicted octanol–water partition coefficient (Wildman–Crippen LogP) is 11.0. The van der Waals surface area contributed by atoms with E-state index in [4.69, 9.17) is 5.73 Å². The van der Waals surface area contributed by atoms with Crippen LogP contribution in [0.5, 0.6) is 0 Å². The Hall–Kier alpha value is -5.95. The Morgan fingerprint density at radius 1 is 0.577 bits per heavy atom. The van der Waals surface area contributed by atoms with E-state index in [1.807, 2.05) is 28.8 Å². The van der Waals surface area contributed by atoms with Gasteiger partial charge in [-0.1, -0.05) is 108 Å². The quantitative estimate of drug-likeness (QED) is 0.113. The Bertz CT molecular complexity index is 2690. The fourth-order valence-electron chi connectivity index (χ4n) is 8.35. The molecule has 52 heavy (non-hydrogen) atoms. The molecule has 0 atom stereocenters. The molecule has 6 aromatic carbocycles. The largest absolute Gasteiger partial charge is 0.382 e. The van der Waals surface area contributed by atoms with Crippen LogP contribution in [0.2, 0.25) is 16.6 Å². The van der Waals surface area contributed by atoms with Crippen molar-refractivity contribution in [2.75, 3.05) is 5.73 Å². The number of nitrogens with two attached hydrogens (primary N) is 1. The molecule has 2 heterocycles. The first-order chi connectivity index (χ1) is 25.2. The fourth-order valence-corrected chi connectivity index (χ4v) is 13.6. The van der Waals surface area contributed by atoms with Crippen molar-refractivity contribution >= 4 is 68.1 Å². The van der Waals surface area contributed by atoms with Crippen LogP contribution < -0.4 is 5.73 Å². The molecule has 0 aliphatic rings. The van der Waals surface area contributed by atoms with Gasteiger partial charge in [0.2, 0.25) is 0 Å². The topological polar surface area (TPSA) is 69.6 Å². The highest BCUT2D eigenvalue weighted by atomic mass is 28.3. The molecule has 0 saturated heterocycles. The van der Waals surface area contributed by atoms with Gasteiger partial charge in [-0.05, 0) is 108 Å². The maximum Gasteiger partial charge on any atom is 0.170 e. The SMILES string of the molecule is CC(C)[Si](C#Cc1c2cc3ccccc3cc2c(C#Cc2ccc(-n3cnc4c(N)ncnc43)cc2)c2cc3ccccc3cc12)(C(C)C)C(C)C. The van der Waals surface area contributed by atoms with Crippen LogP contribution >= 0.6 is 0 Å². The minimum atomic E-state index is -2.02. The highest BCUT2D eigenvalue weighted by Gasteiger charge is 2.41. The molecule has 0 aliphatic carbocycles. The van der Waals surface area contributed by atoms with Crippen molar-refractivity contribution in [3.63, 3.8) is 0 Å². The molecule has 0 unspecified atom stereocenters. The molecule has 6 heteroatoms. The number of fused-ring (bicyclic) bond motifs is 5. The van der Waals surface area contributed by atoms with Crippen molar-refractivity contribution in [3.8, 4) is 29.0 Å². The Labute approximate surface area is 305 Å². The molecule has 0 fully saturated rings. The van der Waals surface area contributed by atoms with Crippen molar-refractivity contribution in [3.05, 3.63) is 126 Å². The van der Waals surface area contributed by atoms with E-state index in [-0.39, 0.29) is 0 Å². The van der Waals surface area contributed by atoms with Crippen LogP contribution in [0.4, 0.5) is 5.82 Å². The predicted molar refractivity (Wildman–Crippen MR) is 221 cm³/mol. The summed E-state index contributed by atoms with van der Waals surface area (Å²) in [4.78, 5) is 12.9. The van der Waals surface area contributed by atoms with Crippen LogP contribution in [0.1, 0.15) is 58.2 Å². The zero-order valence-corrected chi connectivity index (χ0v) is 31.5. The zero-order chi connectivity index (χ0) is 36.1. The lowest BCUT2D eigenvalue weighted by Crippen LogP contribution is -2.43. The smallest absolute Gasteiger partial charge is 0.170 e. The maximum absolute atomic E-state index is 6.04. The molecule has 0 amide bonds. The molecule has 0 bridgehead atoms. The number of hydrogen-bond donors (Lipinski definition) is 1. The number of imidazole rings is 1. The third-order valence-electron chi connectivity index (χ3n) is 11.0. The van der Waals surface area contributed by atoms with Crippen LogP contribution in [-0.2, 0) is 0 Å². The van der Waals surface area contributed by atoms with E-state index in [9.17, 15) is 0 Å². The first-order valence-corrected chi connectivity index (χ1v) is 20.3. The van der Waals surface area contributed by atoms with E-state index in [2.05, 4.69) is 153 Å². The normalized spacial score (nSPS) is 11.9. The average molecular weight is 692 g/mol. The second kappa shape index (κ2) is 13.0. The van der Waals surface area contributed by atoms with Crippen LogP contribution in [-0.4, -0.2) is 27.6 Å². The van der Waals surface area contributed by atoms with E-state index in [0.717, 1.165) is 43.9 Å². The molecular weight excluding hydrogens is 651 g/mol. The molecular formula is C46H41N5Si. The van der Waals surface area contributed by atoms with Gasteiger partial charge in [-0.2, -0.15) is 0 Å². The van der Waals surface area contributed by atoms with Crippen LogP contribution in [0.15, 0.2) is 110 Å². The van der Waals surface area contributed by atoms with E-state index in [0.29, 0.717) is 33.6 Å². The lowest BCUT2D eigenvalue weighted by atomic mass is 9.89. The second-order valence-corrected chi connectivity index (χ2v) is 20.3. The van der Waals surface area contributed by atoms with Gasteiger partial charge in [0.1, 0.15) is 20.7 Å². The van der Waals surface area contributed by atoms with Crippen LogP contribution in [0.25, 0.3) is 59.9 Å². The minimum absolute atomic E-state index is 0.365. The number of anilines is 1. The van der Waals surface area contributed by atoms with Gasteiger partial charge >= 0.3 is 0 Å². The summed E-state index contributed by atoms with van der Waals surface area (Å²) >= 11 is 0. The number of nitrogen functional groups attached to an aromatic ring is 1. The summed E-state index contributed by atoms with van der Waals surface area (Å²) in [6.45, 7) is 14.3. The molecule has 5 nitrogen and oxygen atoms in total. The molecule has 8 aromatic rings. The standard InChI is InChI=1S/C46H41N5Si/c1-29(2)52(30(3)4,31(5)6)22-21-39-42-25-35-13-9-7-11-33(35)23-40(42)38(41-24-34-12-8-10-14-36(34)26-43(39)41)20-17-32-15-18-37(19-16-32)51-28-50-44-45(47)48-27-49-46(44)51/h7-16,18-19,23-31H,1-6H3,(H2,47,48,49). The van der Waals surface area contributed by atoms with Gasteiger partial charge in [0.25, 0.3) is 0 Å². The van der Waals surface area contributed by atoms with Crippen molar-refractivity contribution in [2.24, 2.45) is 0 Å². The zero-order valence-electron chi connectivity index (χ0n) is 30.5. The van der Waals surface area contributed by atoms with Crippen molar-refractivity contribution in [1.82, 2.24) is 19.5 Å². The molecule has 0 radical (unpaired) electrons. The Balaban J connectivity index is 1.38. The van der Waals surface area contributed by atoms with Gasteiger partial charge in [-0.15, -0.1) is 5.54 Å². The third kappa shape index (κ3) is 5.48. The maximum atomic E-state index is 6.04. The lowest BCUT2D eigenvalue weighted by Gasteiger charge is -2.38. The first-order valence-electron chi connectivity index (χ1n) is 18.1. The number of rotatable bonds is 4. The summed E-state index contributed by atoms with van der Waals surface area (Å²) in [6, 6.07) is 34.7. The first kappa shape index (κ1) is 33.2. The monoisotopic (exact) mass is 691 g/mol. The summed E-state index contributed by atoms with van der Waals surface area (Å²) in [5.74, 6) is 11.5. The molecule has 0 saturated carbocycles. The van der Waals surface area contributed by atoms with E-state index in [1.165, 1.54) is 27.9 Å². The molecule has 2 aromatic heterocycles. The van der Waals surface area contributed by atoms with Gasteiger partial charge < -0.3 is 5.73 Å². The van der Waals surface area contributed by atoms with Gasteiger partial charge in [-0.3, -0.25) is 4.57 Å². The number of benzene rings is 6. The van der Waals surface area contributed by atoms with Gasteiger partial charge in [0, 0.05) is 22.4 Å². The average Bonchev–Trinajstić information content (AvgIpc) is 3.58. The highest BCUT2D eigenvalue weighted by molar-refractivity contribution is 6.90. The number of aromatic nitrogens is 4. The number of nitrogens with zero attached hydrogens (tertiary/aromatic N) is 4. The minimum Gasteiger partial charge on any atom is -0.382 e.